The molecular formula is C59H59N9O15. The van der Waals surface area contributed by atoms with Crippen LogP contribution in [-0.2, 0) is 64.4 Å². The number of likely N-dealkylation sites (N-methyl/N-ethyl adjacent to an activating group) is 1. The summed E-state index contributed by atoms with van der Waals surface area (Å²) >= 11 is 0. The van der Waals surface area contributed by atoms with Gasteiger partial charge in [-0.15, -0.1) is 0 Å². The Hall–Kier alpha value is -9.84. The number of esters is 1. The van der Waals surface area contributed by atoms with Crippen molar-refractivity contribution in [2.75, 3.05) is 67.5 Å². The van der Waals surface area contributed by atoms with Gasteiger partial charge in [0.25, 0.3) is 23.6 Å². The SMILES string of the molecule is COc1cc2c(cc1OCc1cc(COc3cc4c(cc3OC)C(=O)N3c5ccccc5C[C@H]3CN4)cc(N(C)C(=O)CNC(=O)CNC(=O)CNC(=O)CCCCC(=O)OC3CC(=O)N(O)C3=O)c1)N=C[C@@H]1Cc3ccccc3N1C2=O. The Labute approximate surface area is 475 Å². The molecule has 1 saturated heterocycles. The molecule has 24 nitrogen and oxygen atoms in total. The lowest BCUT2D eigenvalue weighted by Crippen LogP contribution is -2.44. The zero-order chi connectivity index (χ0) is 58.5. The molecule has 430 valence electrons. The van der Waals surface area contributed by atoms with Crippen molar-refractivity contribution in [2.24, 2.45) is 4.99 Å². The normalized spacial score (nSPS) is 17.1. The number of hydrogen-bond donors (Lipinski definition) is 5. The lowest BCUT2D eigenvalue weighted by Gasteiger charge is -2.23. The first kappa shape index (κ1) is 56.4. The van der Waals surface area contributed by atoms with E-state index in [1.807, 2.05) is 59.5 Å². The fourth-order valence-electron chi connectivity index (χ4n) is 10.5. The van der Waals surface area contributed by atoms with E-state index >= 15 is 0 Å². The second-order valence-corrected chi connectivity index (χ2v) is 20.3. The van der Waals surface area contributed by atoms with Crippen LogP contribution in [-0.4, -0.2) is 135 Å². The van der Waals surface area contributed by atoms with Gasteiger partial charge in [-0.2, -0.15) is 5.06 Å². The number of carbonyl (C=O) groups is 9. The molecule has 5 aromatic rings. The fourth-order valence-corrected chi connectivity index (χ4v) is 10.5. The highest BCUT2D eigenvalue weighted by atomic mass is 16.6. The Morgan fingerprint density at radius 2 is 1.27 bits per heavy atom. The van der Waals surface area contributed by atoms with Crippen molar-refractivity contribution in [3.8, 4) is 23.0 Å². The Balaban J connectivity index is 0.780. The molecule has 0 spiro atoms. The molecule has 5 aliphatic rings. The van der Waals surface area contributed by atoms with Crippen LogP contribution in [0.4, 0.5) is 28.4 Å². The van der Waals surface area contributed by atoms with Crippen molar-refractivity contribution >= 4 is 87.9 Å². The fraction of sp³-hybridized carbons (Fsp3) is 0.322. The van der Waals surface area contributed by atoms with Gasteiger partial charge in [-0.25, -0.2) is 0 Å². The number of hydrogen-bond acceptors (Lipinski definition) is 17. The Morgan fingerprint density at radius 1 is 0.675 bits per heavy atom. The molecule has 10 rings (SSSR count). The summed E-state index contributed by atoms with van der Waals surface area (Å²) in [6, 6.07) is 27.2. The van der Waals surface area contributed by atoms with Gasteiger partial charge in [0, 0.05) is 68.3 Å². The highest BCUT2D eigenvalue weighted by Crippen LogP contribution is 2.43. The number of rotatable bonds is 21. The molecule has 5 heterocycles. The topological polar surface area (TPSA) is 293 Å². The van der Waals surface area contributed by atoms with Crippen molar-refractivity contribution in [3.63, 3.8) is 0 Å². The van der Waals surface area contributed by atoms with Crippen LogP contribution in [0.3, 0.4) is 0 Å². The first-order valence-corrected chi connectivity index (χ1v) is 26.8. The first-order chi connectivity index (χ1) is 40.1. The van der Waals surface area contributed by atoms with Crippen molar-refractivity contribution < 1.29 is 72.0 Å². The van der Waals surface area contributed by atoms with E-state index in [9.17, 15) is 48.4 Å². The van der Waals surface area contributed by atoms with Gasteiger partial charge in [-0.1, -0.05) is 36.4 Å². The Kier molecular flexibility index (Phi) is 16.6. The minimum Gasteiger partial charge on any atom is -0.493 e. The van der Waals surface area contributed by atoms with Gasteiger partial charge in [0.2, 0.25) is 23.6 Å². The van der Waals surface area contributed by atoms with E-state index in [4.69, 9.17) is 28.7 Å². The standard InChI is InChI=1S/C59H59N9O15/c1-65(55(73)30-64-53(71)29-63-52(70)28-62-51(69)14-8-9-15-56(74)83-50-25-54(72)68(78)59(50)77)37-17-33(31-81-48-23-42-40(21-46(48)79-2)57(75)66-38(26-60-42)19-35-10-4-6-12-44(35)66)16-34(18-37)32-82-49-24-43-41(22-47(49)80-3)58(76)67-39(27-61-43)20-36-11-5-7-13-45(36)67/h4-7,10-13,16-18,21-24,26,38-39,50,61,78H,8-9,14-15,19-20,25,27-32H2,1-3H3,(H,62,69)(H,63,70)(H,64,71)/t38-,39-,50?/m0/s1. The van der Waals surface area contributed by atoms with E-state index in [1.54, 1.807) is 47.5 Å². The molecular weight excluding hydrogens is 1070 g/mol. The number of nitrogens with zero attached hydrogens (tertiary/aromatic N) is 5. The largest absolute Gasteiger partial charge is 0.493 e. The summed E-state index contributed by atoms with van der Waals surface area (Å²) in [7, 11) is 4.49. The van der Waals surface area contributed by atoms with Crippen molar-refractivity contribution in [3.05, 3.63) is 124 Å². The average molecular weight is 1130 g/mol. The minimum atomic E-state index is -1.39. The van der Waals surface area contributed by atoms with Crippen LogP contribution < -0.4 is 54.9 Å². The van der Waals surface area contributed by atoms with E-state index in [1.165, 1.54) is 26.2 Å². The number of methoxy groups -OCH3 is 2. The number of nitrogens with one attached hydrogen (secondary N) is 4. The number of ether oxygens (including phenoxy) is 5. The molecule has 24 heteroatoms. The lowest BCUT2D eigenvalue weighted by molar-refractivity contribution is -0.176. The maximum Gasteiger partial charge on any atom is 0.306 e. The summed E-state index contributed by atoms with van der Waals surface area (Å²) < 4.78 is 29.3. The molecule has 1 fully saturated rings. The zero-order valence-corrected chi connectivity index (χ0v) is 45.6. The summed E-state index contributed by atoms with van der Waals surface area (Å²) in [6.07, 6.45) is 1.47. The summed E-state index contributed by atoms with van der Waals surface area (Å²) in [4.78, 5) is 125. The van der Waals surface area contributed by atoms with E-state index in [2.05, 4.69) is 21.3 Å². The number of anilines is 4. The number of aliphatic imine (C=N–C) groups is 1. The van der Waals surface area contributed by atoms with Crippen LogP contribution in [0.5, 0.6) is 23.0 Å². The molecule has 0 bridgehead atoms. The van der Waals surface area contributed by atoms with E-state index in [0.29, 0.717) is 81.7 Å². The summed E-state index contributed by atoms with van der Waals surface area (Å²) in [5.74, 6) is -4.21. The zero-order valence-electron chi connectivity index (χ0n) is 45.6. The number of hydroxylamine groups is 2. The van der Waals surface area contributed by atoms with Crippen molar-refractivity contribution in [1.82, 2.24) is 21.0 Å². The van der Waals surface area contributed by atoms with Gasteiger partial charge >= 0.3 is 5.97 Å². The van der Waals surface area contributed by atoms with Crippen LogP contribution in [0.25, 0.3) is 0 Å². The molecule has 8 amide bonds. The van der Waals surface area contributed by atoms with Gasteiger partial charge < -0.3 is 54.8 Å². The number of unbranched alkanes of at least 4 members (excludes halogenated alkanes) is 1. The molecule has 0 aliphatic carbocycles. The highest BCUT2D eigenvalue weighted by Gasteiger charge is 2.42. The maximum atomic E-state index is 14.1. The number of para-hydroxylation sites is 2. The average Bonchev–Trinajstić information content (AvgIpc) is 4.12. The molecule has 5 aliphatic heterocycles. The summed E-state index contributed by atoms with van der Waals surface area (Å²) in [5.41, 5.74) is 7.20. The van der Waals surface area contributed by atoms with Crippen LogP contribution in [0.15, 0.2) is 96.0 Å². The molecule has 1 unspecified atom stereocenters. The van der Waals surface area contributed by atoms with Crippen LogP contribution in [0.2, 0.25) is 0 Å². The predicted octanol–water partition coefficient (Wildman–Crippen LogP) is 4.08. The van der Waals surface area contributed by atoms with Crippen molar-refractivity contribution in [1.29, 1.82) is 0 Å². The highest BCUT2D eigenvalue weighted by molar-refractivity contribution is 6.15. The van der Waals surface area contributed by atoms with Gasteiger partial charge in [-0.3, -0.25) is 58.3 Å². The minimum absolute atomic E-state index is 0.0394. The van der Waals surface area contributed by atoms with E-state index < -0.39 is 73.6 Å². The van der Waals surface area contributed by atoms with Gasteiger partial charge in [0.05, 0.1) is 74.9 Å². The van der Waals surface area contributed by atoms with E-state index in [0.717, 1.165) is 22.5 Å². The second kappa shape index (κ2) is 24.5. The van der Waals surface area contributed by atoms with Crippen LogP contribution >= 0.6 is 0 Å². The smallest absolute Gasteiger partial charge is 0.306 e. The molecule has 0 radical (unpaired) electrons. The Morgan fingerprint density at radius 3 is 1.93 bits per heavy atom. The summed E-state index contributed by atoms with van der Waals surface area (Å²) in [5, 5.41) is 20.0. The van der Waals surface area contributed by atoms with Crippen molar-refractivity contribution in [2.45, 2.75) is 76.3 Å². The van der Waals surface area contributed by atoms with Crippen LogP contribution in [0.1, 0.15) is 75.1 Å². The third-order valence-corrected chi connectivity index (χ3v) is 14.8. The number of imide groups is 1. The van der Waals surface area contributed by atoms with Gasteiger partial charge in [0.1, 0.15) is 13.2 Å². The molecule has 3 atom stereocenters. The van der Waals surface area contributed by atoms with Gasteiger partial charge in [-0.05, 0) is 84.0 Å². The third kappa shape index (κ3) is 12.3. The Bertz CT molecular complexity index is 3500. The number of amides is 8. The third-order valence-electron chi connectivity index (χ3n) is 14.8. The second-order valence-electron chi connectivity index (χ2n) is 20.3. The molecule has 83 heavy (non-hydrogen) atoms. The molecule has 0 aromatic heterocycles. The lowest BCUT2D eigenvalue weighted by atomic mass is 10.1. The molecule has 5 N–H and O–H groups in total. The molecule has 0 saturated carbocycles. The number of fused-ring (bicyclic) bond motifs is 8. The predicted molar refractivity (Wildman–Crippen MR) is 298 cm³/mol. The maximum absolute atomic E-state index is 14.1. The number of carbonyl (C=O) groups excluding carboxylic acids is 9. The van der Waals surface area contributed by atoms with Crippen LogP contribution in [0, 0.1) is 0 Å². The quantitative estimate of drug-likeness (QED) is 0.0299. The first-order valence-electron chi connectivity index (χ1n) is 26.8. The summed E-state index contributed by atoms with van der Waals surface area (Å²) in [6.45, 7) is -1.02. The number of benzene rings is 5. The molecule has 5 aromatic carbocycles. The van der Waals surface area contributed by atoms with Gasteiger partial charge in [0.15, 0.2) is 29.1 Å². The monoisotopic (exact) mass is 1130 g/mol. The van der Waals surface area contributed by atoms with E-state index in [-0.39, 0.29) is 67.9 Å².